The SMILES string of the molecule is NC1(c2ccc(C(F)(F)F)c(F)c2)CCC(O)CC1. The summed E-state index contributed by atoms with van der Waals surface area (Å²) >= 11 is 0. The van der Waals surface area contributed by atoms with Crippen LogP contribution in [0.4, 0.5) is 17.6 Å². The molecule has 0 spiro atoms. The van der Waals surface area contributed by atoms with Gasteiger partial charge in [0.25, 0.3) is 0 Å². The van der Waals surface area contributed by atoms with Crippen LogP contribution in [0.3, 0.4) is 0 Å². The Bertz CT molecular complexity index is 464. The Hall–Kier alpha value is -1.14. The molecular weight excluding hydrogens is 262 g/mol. The lowest BCUT2D eigenvalue weighted by Gasteiger charge is -2.36. The first-order valence-electron chi connectivity index (χ1n) is 6.06. The third-order valence-corrected chi connectivity index (χ3v) is 3.70. The van der Waals surface area contributed by atoms with E-state index in [-0.39, 0.29) is 0 Å². The number of aliphatic hydroxyl groups excluding tert-OH is 1. The Kier molecular flexibility index (Phi) is 3.57. The highest BCUT2D eigenvalue weighted by Gasteiger charge is 2.37. The molecule has 0 amide bonds. The first-order chi connectivity index (χ1) is 8.72. The van der Waals surface area contributed by atoms with Gasteiger partial charge < -0.3 is 10.8 Å². The molecule has 3 N–H and O–H groups in total. The molecule has 1 aliphatic carbocycles. The van der Waals surface area contributed by atoms with Crippen LogP contribution in [0.15, 0.2) is 18.2 Å². The van der Waals surface area contributed by atoms with E-state index in [0.29, 0.717) is 31.2 Å². The lowest BCUT2D eigenvalue weighted by atomic mass is 9.76. The fraction of sp³-hybridized carbons (Fsp3) is 0.538. The van der Waals surface area contributed by atoms with Gasteiger partial charge in [0.05, 0.1) is 11.7 Å². The summed E-state index contributed by atoms with van der Waals surface area (Å²) in [6.45, 7) is 0. The summed E-state index contributed by atoms with van der Waals surface area (Å²) in [6.07, 6.45) is -3.33. The third-order valence-electron chi connectivity index (χ3n) is 3.70. The van der Waals surface area contributed by atoms with Gasteiger partial charge in [-0.05, 0) is 43.4 Å². The van der Waals surface area contributed by atoms with Crippen molar-refractivity contribution in [3.05, 3.63) is 35.1 Å². The lowest BCUT2D eigenvalue weighted by molar-refractivity contribution is -0.140. The highest BCUT2D eigenvalue weighted by atomic mass is 19.4. The zero-order chi connectivity index (χ0) is 14.3. The summed E-state index contributed by atoms with van der Waals surface area (Å²) in [6, 6.07) is 2.81. The van der Waals surface area contributed by atoms with Crippen LogP contribution >= 0.6 is 0 Å². The third kappa shape index (κ3) is 2.90. The van der Waals surface area contributed by atoms with Gasteiger partial charge in [-0.15, -0.1) is 0 Å². The Morgan fingerprint density at radius 1 is 1.21 bits per heavy atom. The van der Waals surface area contributed by atoms with E-state index in [1.807, 2.05) is 0 Å². The smallest absolute Gasteiger partial charge is 0.393 e. The number of benzene rings is 1. The molecule has 1 aromatic rings. The van der Waals surface area contributed by atoms with Crippen LogP contribution in [0, 0.1) is 5.82 Å². The molecule has 2 rings (SSSR count). The van der Waals surface area contributed by atoms with Crippen molar-refractivity contribution in [3.8, 4) is 0 Å². The van der Waals surface area contributed by atoms with E-state index in [0.717, 1.165) is 12.1 Å². The van der Waals surface area contributed by atoms with Crippen LogP contribution in [0.1, 0.15) is 36.8 Å². The Balaban J connectivity index is 2.30. The second kappa shape index (κ2) is 4.76. The fourth-order valence-corrected chi connectivity index (χ4v) is 2.46. The molecule has 0 aromatic heterocycles. The second-order valence-corrected chi connectivity index (χ2v) is 5.08. The van der Waals surface area contributed by atoms with Gasteiger partial charge in [-0.2, -0.15) is 13.2 Å². The molecule has 0 radical (unpaired) electrons. The van der Waals surface area contributed by atoms with Crippen molar-refractivity contribution < 1.29 is 22.7 Å². The number of hydrogen-bond donors (Lipinski definition) is 2. The summed E-state index contributed by atoms with van der Waals surface area (Å²) in [5.41, 5.74) is 4.32. The Morgan fingerprint density at radius 3 is 2.26 bits per heavy atom. The van der Waals surface area contributed by atoms with Gasteiger partial charge in [-0.1, -0.05) is 6.07 Å². The van der Waals surface area contributed by atoms with Gasteiger partial charge in [0.15, 0.2) is 0 Å². The van der Waals surface area contributed by atoms with Gasteiger partial charge in [-0.3, -0.25) is 0 Å². The molecule has 0 heterocycles. The number of hydrogen-bond acceptors (Lipinski definition) is 2. The standard InChI is InChI=1S/C13H15F4NO/c14-11-7-8(1-2-10(11)13(15,16)17)12(18)5-3-9(19)4-6-12/h1-2,7,9,19H,3-6,18H2. The monoisotopic (exact) mass is 277 g/mol. The predicted octanol–water partition coefficient (Wildman–Crippen LogP) is 2.93. The molecule has 106 valence electrons. The average molecular weight is 277 g/mol. The van der Waals surface area contributed by atoms with Crippen LogP contribution in [-0.4, -0.2) is 11.2 Å². The maximum atomic E-state index is 13.5. The predicted molar refractivity (Wildman–Crippen MR) is 61.7 cm³/mol. The zero-order valence-corrected chi connectivity index (χ0v) is 10.2. The zero-order valence-electron chi connectivity index (χ0n) is 10.2. The van der Waals surface area contributed by atoms with Crippen LogP contribution in [0.5, 0.6) is 0 Å². The maximum Gasteiger partial charge on any atom is 0.419 e. The number of rotatable bonds is 1. The summed E-state index contributed by atoms with van der Waals surface area (Å²) in [5.74, 6) is -1.30. The van der Waals surface area contributed by atoms with E-state index in [1.54, 1.807) is 0 Å². The van der Waals surface area contributed by atoms with E-state index < -0.39 is 29.2 Å². The van der Waals surface area contributed by atoms with Crippen LogP contribution in [0.25, 0.3) is 0 Å². The van der Waals surface area contributed by atoms with E-state index in [9.17, 15) is 22.7 Å². The topological polar surface area (TPSA) is 46.2 Å². The Labute approximate surface area is 108 Å². The van der Waals surface area contributed by atoms with Gasteiger partial charge in [-0.25, -0.2) is 4.39 Å². The summed E-state index contributed by atoms with van der Waals surface area (Å²) < 4.78 is 50.9. The average Bonchev–Trinajstić information content (AvgIpc) is 2.31. The normalized spacial score (nSPS) is 28.4. The summed E-state index contributed by atoms with van der Waals surface area (Å²) in [7, 11) is 0. The lowest BCUT2D eigenvalue weighted by Crippen LogP contribution is -2.41. The molecule has 0 saturated heterocycles. The quantitative estimate of drug-likeness (QED) is 0.775. The minimum absolute atomic E-state index is 0.352. The van der Waals surface area contributed by atoms with Gasteiger partial charge >= 0.3 is 6.18 Å². The highest BCUT2D eigenvalue weighted by molar-refractivity contribution is 5.31. The van der Waals surface area contributed by atoms with E-state index in [1.165, 1.54) is 6.07 Å². The molecule has 19 heavy (non-hydrogen) atoms. The molecule has 1 aliphatic rings. The number of halogens is 4. The molecule has 0 bridgehead atoms. The van der Waals surface area contributed by atoms with Crippen LogP contribution < -0.4 is 5.73 Å². The maximum absolute atomic E-state index is 13.5. The van der Waals surface area contributed by atoms with Crippen LogP contribution in [-0.2, 0) is 11.7 Å². The molecule has 1 saturated carbocycles. The van der Waals surface area contributed by atoms with Crippen LogP contribution in [0.2, 0.25) is 0 Å². The van der Waals surface area contributed by atoms with Crippen molar-refractivity contribution in [2.45, 2.75) is 43.5 Å². The summed E-state index contributed by atoms with van der Waals surface area (Å²) in [5, 5.41) is 9.42. The molecule has 0 unspecified atom stereocenters. The van der Waals surface area contributed by atoms with E-state index >= 15 is 0 Å². The van der Waals surface area contributed by atoms with Crippen molar-refractivity contribution in [2.75, 3.05) is 0 Å². The highest BCUT2D eigenvalue weighted by Crippen LogP contribution is 2.38. The van der Waals surface area contributed by atoms with Crippen molar-refractivity contribution >= 4 is 0 Å². The molecular formula is C13H15F4NO. The van der Waals surface area contributed by atoms with Crippen molar-refractivity contribution in [1.82, 2.24) is 0 Å². The molecule has 0 aliphatic heterocycles. The van der Waals surface area contributed by atoms with Crippen molar-refractivity contribution in [3.63, 3.8) is 0 Å². The number of nitrogens with two attached hydrogens (primary N) is 1. The fourth-order valence-electron chi connectivity index (χ4n) is 2.46. The molecule has 1 fully saturated rings. The second-order valence-electron chi connectivity index (χ2n) is 5.08. The molecule has 0 atom stereocenters. The van der Waals surface area contributed by atoms with Crippen molar-refractivity contribution in [2.24, 2.45) is 5.73 Å². The van der Waals surface area contributed by atoms with E-state index in [4.69, 9.17) is 5.73 Å². The minimum Gasteiger partial charge on any atom is -0.393 e. The largest absolute Gasteiger partial charge is 0.419 e. The summed E-state index contributed by atoms with van der Waals surface area (Å²) in [4.78, 5) is 0. The van der Waals surface area contributed by atoms with Crippen molar-refractivity contribution in [1.29, 1.82) is 0 Å². The minimum atomic E-state index is -4.70. The van der Waals surface area contributed by atoms with E-state index in [2.05, 4.69) is 0 Å². The van der Waals surface area contributed by atoms with Gasteiger partial charge in [0, 0.05) is 5.54 Å². The number of alkyl halides is 3. The number of aliphatic hydroxyl groups is 1. The van der Waals surface area contributed by atoms with Gasteiger partial charge in [0.2, 0.25) is 0 Å². The first-order valence-corrected chi connectivity index (χ1v) is 6.06. The molecule has 2 nitrogen and oxygen atoms in total. The first kappa shape index (κ1) is 14.3. The molecule has 6 heteroatoms. The van der Waals surface area contributed by atoms with Gasteiger partial charge in [0.1, 0.15) is 5.82 Å². The Morgan fingerprint density at radius 2 is 1.79 bits per heavy atom. The molecule has 1 aromatic carbocycles.